The second-order valence-electron chi connectivity index (χ2n) is 16.2. The molecule has 0 bridgehead atoms. The van der Waals surface area contributed by atoms with Gasteiger partial charge in [0.2, 0.25) is 18.1 Å². The van der Waals surface area contributed by atoms with E-state index >= 15 is 0 Å². The summed E-state index contributed by atoms with van der Waals surface area (Å²) in [5.74, 6) is -30.1. The quantitative estimate of drug-likeness (QED) is 0.0341. The lowest BCUT2D eigenvalue weighted by atomic mass is 9.97. The van der Waals surface area contributed by atoms with E-state index in [0.717, 1.165) is 0 Å². The highest BCUT2D eigenvalue weighted by atomic mass is 16.7. The van der Waals surface area contributed by atoms with Crippen LogP contribution in [0.3, 0.4) is 0 Å². The summed E-state index contributed by atoms with van der Waals surface area (Å²) >= 11 is 0. The second kappa shape index (κ2) is 21.3. The Morgan fingerprint density at radius 3 is 0.910 bits per heavy atom. The lowest BCUT2D eigenvalue weighted by Crippen LogP contribution is -2.63. The van der Waals surface area contributed by atoms with Crippen molar-refractivity contribution in [1.29, 1.82) is 0 Å². The van der Waals surface area contributed by atoms with Crippen LogP contribution in [0.5, 0.6) is 103 Å². The van der Waals surface area contributed by atoms with Crippen LogP contribution in [0.2, 0.25) is 0 Å². The molecule has 1 fully saturated rings. The van der Waals surface area contributed by atoms with Gasteiger partial charge in [-0.25, -0.2) is 28.8 Å². The standard InChI is InChI=1S/C48H36O30/c49-20-1-14(2-21(50)33(20)61)42(66)72-13-32-39(75-44(68)16-5-24(53)35(63)25(54)6-16)40(76-45(69)17-7-26(55)36(64)27(56)8-17)41(77-46(70)18-9-28(57)37(65)29(58)10-18)48(73-32)78-47(71)19-11-30(59)38(31(60)12-19)74-43(67)15-3-22(51)34(62)23(52)4-15/h1-12,32,39-41,48-65H,13H2/t32-,39-,40+,41-,48+/m1/s1. The number of carbonyl (C=O) groups excluding carboxylic acids is 6. The minimum atomic E-state index is -2.68. The highest BCUT2D eigenvalue weighted by Crippen LogP contribution is 2.43. The summed E-state index contributed by atoms with van der Waals surface area (Å²) in [6.07, 6.45) is -12.7. The number of ether oxygens (including phenoxy) is 7. The van der Waals surface area contributed by atoms with Gasteiger partial charge < -0.3 is 120 Å². The fourth-order valence-corrected chi connectivity index (χ4v) is 7.08. The van der Waals surface area contributed by atoms with Crippen LogP contribution < -0.4 is 4.74 Å². The Morgan fingerprint density at radius 2 is 0.577 bits per heavy atom. The molecular formula is C48H36O30. The first kappa shape index (κ1) is 54.5. The highest BCUT2D eigenvalue weighted by molar-refractivity contribution is 5.96. The van der Waals surface area contributed by atoms with Crippen LogP contribution in [0.25, 0.3) is 0 Å². The van der Waals surface area contributed by atoms with Crippen molar-refractivity contribution in [3.63, 3.8) is 0 Å². The first-order valence-corrected chi connectivity index (χ1v) is 21.3. The van der Waals surface area contributed by atoms with Gasteiger partial charge in [-0.05, 0) is 72.8 Å². The summed E-state index contributed by atoms with van der Waals surface area (Å²) in [4.78, 5) is 82.5. The molecular weight excluding hydrogens is 1060 g/mol. The number of esters is 6. The number of aromatic hydroxyl groups is 17. The summed E-state index contributed by atoms with van der Waals surface area (Å²) < 4.78 is 38.4. The molecule has 5 atom stereocenters. The fraction of sp³-hybridized carbons (Fsp3) is 0.125. The molecule has 1 heterocycles. The molecule has 7 rings (SSSR count). The second-order valence-corrected chi connectivity index (χ2v) is 16.2. The van der Waals surface area contributed by atoms with E-state index in [1.807, 2.05) is 0 Å². The number of carbonyl (C=O) groups is 6. The summed E-state index contributed by atoms with van der Waals surface area (Å²) in [6, 6.07) is 6.40. The normalized spacial score (nSPS) is 16.7. The van der Waals surface area contributed by atoms with E-state index in [-0.39, 0.29) is 0 Å². The van der Waals surface area contributed by atoms with Crippen molar-refractivity contribution >= 4 is 35.8 Å². The van der Waals surface area contributed by atoms with Gasteiger partial charge in [-0.3, -0.25) is 0 Å². The predicted octanol–water partition coefficient (Wildman–Crippen LogP) is 2.32. The van der Waals surface area contributed by atoms with E-state index in [0.29, 0.717) is 72.8 Å². The molecule has 408 valence electrons. The van der Waals surface area contributed by atoms with Gasteiger partial charge in [0.1, 0.15) is 12.7 Å². The molecule has 30 heteroatoms. The van der Waals surface area contributed by atoms with Gasteiger partial charge in [-0.15, -0.1) is 0 Å². The lowest BCUT2D eigenvalue weighted by Gasteiger charge is -2.43. The molecule has 0 aromatic heterocycles. The number of phenolic OH excluding ortho intramolecular Hbond substituents is 17. The number of hydrogen-bond donors (Lipinski definition) is 17. The Morgan fingerprint density at radius 1 is 0.321 bits per heavy atom. The molecule has 0 radical (unpaired) electrons. The zero-order valence-electron chi connectivity index (χ0n) is 38.4. The van der Waals surface area contributed by atoms with Crippen LogP contribution in [-0.2, 0) is 28.4 Å². The Kier molecular flexibility index (Phi) is 14.9. The van der Waals surface area contributed by atoms with Crippen molar-refractivity contribution in [2.24, 2.45) is 0 Å². The zero-order valence-corrected chi connectivity index (χ0v) is 38.4. The fourth-order valence-electron chi connectivity index (χ4n) is 7.08. The lowest BCUT2D eigenvalue weighted by molar-refractivity contribution is -0.282. The highest BCUT2D eigenvalue weighted by Gasteiger charge is 2.55. The molecule has 78 heavy (non-hydrogen) atoms. The molecule has 17 N–H and O–H groups in total. The molecule has 6 aromatic carbocycles. The first-order chi connectivity index (χ1) is 36.6. The number of hydrogen-bond acceptors (Lipinski definition) is 30. The predicted molar refractivity (Wildman–Crippen MR) is 244 cm³/mol. The Bertz CT molecular complexity index is 3320. The van der Waals surface area contributed by atoms with Gasteiger partial charge in [-0.1, -0.05) is 0 Å². The van der Waals surface area contributed by atoms with Crippen molar-refractivity contribution in [3.05, 3.63) is 106 Å². The minimum absolute atomic E-state index is 0.471. The van der Waals surface area contributed by atoms with Crippen molar-refractivity contribution in [1.82, 2.24) is 0 Å². The summed E-state index contributed by atoms with van der Waals surface area (Å²) in [6.45, 7) is -1.33. The van der Waals surface area contributed by atoms with Crippen molar-refractivity contribution < 1.29 is 149 Å². The number of benzene rings is 6. The van der Waals surface area contributed by atoms with E-state index in [1.165, 1.54) is 0 Å². The Balaban J connectivity index is 1.36. The van der Waals surface area contributed by atoms with Crippen LogP contribution in [-0.4, -0.2) is 160 Å². The average Bonchev–Trinajstić information content (AvgIpc) is 3.38. The third-order valence-electron chi connectivity index (χ3n) is 10.9. The molecule has 1 aliphatic heterocycles. The van der Waals surface area contributed by atoms with E-state index < -0.39 is 210 Å². The van der Waals surface area contributed by atoms with E-state index in [1.54, 1.807) is 0 Å². The molecule has 6 aromatic rings. The van der Waals surface area contributed by atoms with Gasteiger partial charge in [0, 0.05) is 0 Å². The Hall–Kier alpha value is -11.3. The maximum Gasteiger partial charge on any atom is 0.344 e. The number of rotatable bonds is 13. The smallest absolute Gasteiger partial charge is 0.344 e. The van der Waals surface area contributed by atoms with Gasteiger partial charge >= 0.3 is 35.8 Å². The third kappa shape index (κ3) is 11.1. The van der Waals surface area contributed by atoms with Crippen LogP contribution in [0, 0.1) is 0 Å². The van der Waals surface area contributed by atoms with Crippen molar-refractivity contribution in [2.75, 3.05) is 6.61 Å². The minimum Gasteiger partial charge on any atom is -0.504 e. The molecule has 0 unspecified atom stereocenters. The monoisotopic (exact) mass is 1090 g/mol. The summed E-state index contributed by atoms with van der Waals surface area (Å²) in [5.41, 5.74) is -4.87. The first-order valence-electron chi connectivity index (χ1n) is 21.3. The van der Waals surface area contributed by atoms with E-state index in [9.17, 15) is 116 Å². The third-order valence-corrected chi connectivity index (χ3v) is 10.9. The topological polar surface area (TPSA) is 511 Å². The van der Waals surface area contributed by atoms with Gasteiger partial charge in [-0.2, -0.15) is 0 Å². The SMILES string of the molecule is O=C(OC[C@H]1O[C@@H](OC(=O)c2cc(O)c(OC(=O)c3cc(O)c(O)c(O)c3)c(O)c2)[C@H](OC(=O)c2cc(O)c(O)c(O)c2)[C@@H](OC(=O)c2cc(O)c(O)c(O)c2)[C@@H]1OC(=O)c1cc(O)c(O)c(O)c1)c1cc(O)c(O)c(O)c1. The Labute approximate surface area is 430 Å². The van der Waals surface area contributed by atoms with Crippen molar-refractivity contribution in [3.8, 4) is 103 Å². The largest absolute Gasteiger partial charge is 0.504 e. The summed E-state index contributed by atoms with van der Waals surface area (Å²) in [7, 11) is 0. The molecule has 0 aliphatic carbocycles. The van der Waals surface area contributed by atoms with E-state index in [2.05, 4.69) is 0 Å². The maximum atomic E-state index is 14.1. The van der Waals surface area contributed by atoms with Crippen molar-refractivity contribution in [2.45, 2.75) is 30.7 Å². The maximum absolute atomic E-state index is 14.1. The molecule has 1 aliphatic rings. The molecule has 1 saturated heterocycles. The zero-order chi connectivity index (χ0) is 57.3. The van der Waals surface area contributed by atoms with Crippen LogP contribution in [0.1, 0.15) is 62.1 Å². The average molecular weight is 1090 g/mol. The molecule has 0 amide bonds. The van der Waals surface area contributed by atoms with Gasteiger partial charge in [0.15, 0.2) is 110 Å². The van der Waals surface area contributed by atoms with Crippen LogP contribution in [0.15, 0.2) is 72.8 Å². The van der Waals surface area contributed by atoms with E-state index in [4.69, 9.17) is 33.2 Å². The number of phenols is 17. The van der Waals surface area contributed by atoms with Gasteiger partial charge in [0.25, 0.3) is 0 Å². The summed E-state index contributed by atoms with van der Waals surface area (Å²) in [5, 5.41) is 172. The molecule has 0 saturated carbocycles. The van der Waals surface area contributed by atoms with Crippen LogP contribution in [0.4, 0.5) is 0 Å². The van der Waals surface area contributed by atoms with Crippen LogP contribution >= 0.6 is 0 Å². The molecule has 30 nitrogen and oxygen atoms in total. The van der Waals surface area contributed by atoms with Gasteiger partial charge in [0.05, 0.1) is 33.4 Å². The molecule has 0 spiro atoms.